The van der Waals surface area contributed by atoms with Gasteiger partial charge in [-0.15, -0.1) is 0 Å². The van der Waals surface area contributed by atoms with Crippen molar-refractivity contribution in [3.8, 4) is 0 Å². The van der Waals surface area contributed by atoms with Gasteiger partial charge in [0.1, 0.15) is 0 Å². The summed E-state index contributed by atoms with van der Waals surface area (Å²) >= 11 is 0. The largest absolute Gasteiger partial charge is 0.0622 e. The Hall–Kier alpha value is -0.350. The van der Waals surface area contributed by atoms with Crippen molar-refractivity contribution >= 4 is 13.9 Å². The van der Waals surface area contributed by atoms with Crippen molar-refractivity contribution in [3.63, 3.8) is 0 Å². The number of hydrogen-bond donors (Lipinski definition) is 0. The highest BCUT2D eigenvalue weighted by molar-refractivity contribution is 7.48. The van der Waals surface area contributed by atoms with Crippen molar-refractivity contribution in [3.05, 3.63) is 30.3 Å². The fraction of sp³-hybridized carbons (Fsp3) is 0.538. The van der Waals surface area contributed by atoms with E-state index in [9.17, 15) is 0 Å². The molecular weight excluding hydrogens is 187 g/mol. The summed E-state index contributed by atoms with van der Waals surface area (Å²) in [6.07, 6.45) is 8.70. The highest BCUT2D eigenvalue weighted by Crippen LogP contribution is 2.31. The zero-order valence-electron chi connectivity index (χ0n) is 8.65. The van der Waals surface area contributed by atoms with Crippen LogP contribution in [0, 0.1) is 0 Å². The molecule has 1 aliphatic rings. The van der Waals surface area contributed by atoms with Crippen LogP contribution in [0.2, 0.25) is 0 Å². The average molecular weight is 205 g/mol. The van der Waals surface area contributed by atoms with Gasteiger partial charge in [-0.05, 0) is 32.4 Å². The highest BCUT2D eigenvalue weighted by atomic mass is 31.1. The second kappa shape index (κ2) is 5.51. The van der Waals surface area contributed by atoms with Crippen LogP contribution in [0.5, 0.6) is 0 Å². The summed E-state index contributed by atoms with van der Waals surface area (Å²) in [6.45, 7) is 0. The van der Waals surface area contributed by atoms with Gasteiger partial charge in [0.05, 0.1) is 0 Å². The fourth-order valence-electron chi connectivity index (χ4n) is 2.11. The van der Waals surface area contributed by atoms with Crippen molar-refractivity contribution in [1.82, 2.24) is 0 Å². The zero-order valence-corrected chi connectivity index (χ0v) is 9.55. The van der Waals surface area contributed by atoms with E-state index in [4.69, 9.17) is 0 Å². The molecule has 0 unspecified atom stereocenters. The van der Waals surface area contributed by atoms with E-state index in [1.165, 1.54) is 43.8 Å². The van der Waals surface area contributed by atoms with E-state index in [1.54, 1.807) is 8.58 Å². The summed E-state index contributed by atoms with van der Waals surface area (Å²) in [6, 6.07) is 10.9. The summed E-state index contributed by atoms with van der Waals surface area (Å²) in [5, 5.41) is 1.50. The Bertz CT molecular complexity index is 247. The first-order valence-corrected chi connectivity index (χ1v) is 6.67. The normalized spacial score (nSPS) is 20.0. The molecule has 75 valence electrons. The molecule has 0 nitrogen and oxygen atoms in total. The first-order valence-electron chi connectivity index (χ1n) is 5.71. The second-order valence-electron chi connectivity index (χ2n) is 4.11. The summed E-state index contributed by atoms with van der Waals surface area (Å²) in [5.41, 5.74) is 0.930. The SMILES string of the molecule is c1ccc([P]C2CCCCCC2)cc1. The number of rotatable bonds is 2. The predicted octanol–water partition coefficient (Wildman–Crippen LogP) is 3.98. The maximum absolute atomic E-state index is 2.26. The lowest BCUT2D eigenvalue weighted by Crippen LogP contribution is -2.04. The molecule has 0 saturated heterocycles. The van der Waals surface area contributed by atoms with Crippen LogP contribution in [0.25, 0.3) is 0 Å². The monoisotopic (exact) mass is 205 g/mol. The molecule has 1 aromatic carbocycles. The number of benzene rings is 1. The molecule has 0 aromatic heterocycles. The van der Waals surface area contributed by atoms with E-state index < -0.39 is 0 Å². The van der Waals surface area contributed by atoms with Gasteiger partial charge in [0, 0.05) is 0 Å². The molecule has 0 heterocycles. The van der Waals surface area contributed by atoms with Crippen molar-refractivity contribution in [2.75, 3.05) is 0 Å². The van der Waals surface area contributed by atoms with Crippen LogP contribution in [0.1, 0.15) is 38.5 Å². The standard InChI is InChI=1S/C13H18P/c1-2-5-9-12(8-4-1)14-13-10-6-3-7-11-13/h3,6-7,10-12H,1-2,4-5,8-9H2. The minimum Gasteiger partial charge on any atom is -0.0622 e. The molecule has 0 amide bonds. The van der Waals surface area contributed by atoms with Gasteiger partial charge in [-0.3, -0.25) is 0 Å². The van der Waals surface area contributed by atoms with Crippen LogP contribution in [-0.2, 0) is 0 Å². The molecule has 1 radical (unpaired) electrons. The third-order valence-electron chi connectivity index (χ3n) is 2.91. The topological polar surface area (TPSA) is 0 Å². The summed E-state index contributed by atoms with van der Waals surface area (Å²) in [4.78, 5) is 0. The molecule has 1 saturated carbocycles. The Kier molecular flexibility index (Phi) is 4.01. The quantitative estimate of drug-likeness (QED) is 0.506. The summed E-state index contributed by atoms with van der Waals surface area (Å²) < 4.78 is 0. The van der Waals surface area contributed by atoms with Crippen molar-refractivity contribution in [2.24, 2.45) is 0 Å². The van der Waals surface area contributed by atoms with Gasteiger partial charge >= 0.3 is 0 Å². The van der Waals surface area contributed by atoms with Crippen molar-refractivity contribution in [1.29, 1.82) is 0 Å². The molecule has 1 aliphatic carbocycles. The van der Waals surface area contributed by atoms with Gasteiger partial charge in [-0.2, -0.15) is 0 Å². The van der Waals surface area contributed by atoms with E-state index in [-0.39, 0.29) is 0 Å². The third kappa shape index (κ3) is 3.10. The van der Waals surface area contributed by atoms with Crippen molar-refractivity contribution in [2.45, 2.75) is 44.2 Å². The lowest BCUT2D eigenvalue weighted by molar-refractivity contribution is 0.702. The first kappa shape index (κ1) is 10.2. The van der Waals surface area contributed by atoms with Crippen LogP contribution >= 0.6 is 8.58 Å². The lowest BCUT2D eigenvalue weighted by atomic mass is 10.2. The molecule has 1 fully saturated rings. The van der Waals surface area contributed by atoms with Gasteiger partial charge in [-0.25, -0.2) is 0 Å². The van der Waals surface area contributed by atoms with Gasteiger partial charge in [0.15, 0.2) is 0 Å². The van der Waals surface area contributed by atoms with Gasteiger partial charge in [0.25, 0.3) is 0 Å². The van der Waals surface area contributed by atoms with Gasteiger partial charge in [-0.1, -0.05) is 56.0 Å². The molecule has 0 spiro atoms. The highest BCUT2D eigenvalue weighted by Gasteiger charge is 2.12. The lowest BCUT2D eigenvalue weighted by Gasteiger charge is -2.12. The minimum absolute atomic E-state index is 0.930. The average Bonchev–Trinajstić information content (AvgIpc) is 2.48. The predicted molar refractivity (Wildman–Crippen MR) is 64.5 cm³/mol. The van der Waals surface area contributed by atoms with Crippen LogP contribution in [0.3, 0.4) is 0 Å². The Morgan fingerprint density at radius 2 is 1.50 bits per heavy atom. The Morgan fingerprint density at radius 1 is 0.857 bits per heavy atom. The smallest absolute Gasteiger partial charge is 0.0127 e. The van der Waals surface area contributed by atoms with E-state index in [2.05, 4.69) is 30.3 Å². The first-order chi connectivity index (χ1) is 6.95. The van der Waals surface area contributed by atoms with Gasteiger partial charge in [0.2, 0.25) is 0 Å². The Morgan fingerprint density at radius 3 is 2.14 bits per heavy atom. The molecule has 1 aromatic rings. The van der Waals surface area contributed by atoms with E-state index >= 15 is 0 Å². The summed E-state index contributed by atoms with van der Waals surface area (Å²) in [7, 11) is 1.56. The molecule has 0 aliphatic heterocycles. The fourth-order valence-corrected chi connectivity index (χ4v) is 3.50. The maximum Gasteiger partial charge on any atom is -0.0127 e. The number of hydrogen-bond acceptors (Lipinski definition) is 0. The molecule has 0 bridgehead atoms. The minimum atomic E-state index is 0.930. The van der Waals surface area contributed by atoms with Crippen LogP contribution in [0.15, 0.2) is 30.3 Å². The van der Waals surface area contributed by atoms with E-state index in [0.717, 1.165) is 5.66 Å². The molecular formula is C13H18P. The molecule has 1 heteroatoms. The molecule has 0 N–H and O–H groups in total. The molecule has 2 rings (SSSR count). The van der Waals surface area contributed by atoms with E-state index in [0.29, 0.717) is 0 Å². The maximum atomic E-state index is 2.26. The van der Waals surface area contributed by atoms with E-state index in [1.807, 2.05) is 0 Å². The van der Waals surface area contributed by atoms with Crippen LogP contribution in [0.4, 0.5) is 0 Å². The molecule has 14 heavy (non-hydrogen) atoms. The third-order valence-corrected chi connectivity index (χ3v) is 4.39. The van der Waals surface area contributed by atoms with Crippen LogP contribution in [-0.4, -0.2) is 5.66 Å². The Balaban J connectivity index is 1.90. The van der Waals surface area contributed by atoms with Gasteiger partial charge < -0.3 is 0 Å². The molecule has 0 atom stereocenters. The second-order valence-corrected chi connectivity index (χ2v) is 5.61. The zero-order chi connectivity index (χ0) is 9.64. The summed E-state index contributed by atoms with van der Waals surface area (Å²) in [5.74, 6) is 0. The van der Waals surface area contributed by atoms with Crippen LogP contribution < -0.4 is 5.30 Å². The Labute approximate surface area is 88.9 Å². The van der Waals surface area contributed by atoms with Crippen molar-refractivity contribution < 1.29 is 0 Å².